The molecule has 2 N–H and O–H groups in total. The average molecular weight is 396 g/mol. The predicted octanol–water partition coefficient (Wildman–Crippen LogP) is 4.98. The van der Waals surface area contributed by atoms with Crippen LogP contribution in [-0.4, -0.2) is 29.6 Å². The Morgan fingerprint density at radius 3 is 2.65 bits per heavy atom. The first kappa shape index (κ1) is 19.1. The lowest BCUT2D eigenvalue weighted by Gasteiger charge is -2.29. The molecule has 140 valence electrons. The molecule has 1 aliphatic rings. The summed E-state index contributed by atoms with van der Waals surface area (Å²) in [7, 11) is 0. The van der Waals surface area contributed by atoms with Gasteiger partial charge in [-0.25, -0.2) is 4.39 Å². The second kappa shape index (κ2) is 9.35. The third-order valence-corrected chi connectivity index (χ3v) is 5.12. The molecule has 1 aliphatic heterocycles. The maximum atomic E-state index is 13.3. The molecule has 0 aliphatic carbocycles. The Morgan fingerprint density at radius 2 is 2.00 bits per heavy atom. The van der Waals surface area contributed by atoms with Crippen LogP contribution in [0.5, 0.6) is 0 Å². The van der Waals surface area contributed by atoms with Gasteiger partial charge in [0.25, 0.3) is 0 Å². The second-order valence-corrected chi connectivity index (χ2v) is 7.26. The molecule has 3 rings (SSSR count). The van der Waals surface area contributed by atoms with E-state index in [2.05, 4.69) is 15.5 Å². The SMILES string of the molecule is Fc1ccc(NC(=S)NCC(c2ccco2)N2CCCCCC2)cc1Cl. The summed E-state index contributed by atoms with van der Waals surface area (Å²) in [6.07, 6.45) is 6.67. The molecule has 1 atom stereocenters. The van der Waals surface area contributed by atoms with Crippen LogP contribution in [0.25, 0.3) is 0 Å². The van der Waals surface area contributed by atoms with E-state index in [4.69, 9.17) is 28.2 Å². The van der Waals surface area contributed by atoms with Crippen molar-refractivity contribution in [1.29, 1.82) is 0 Å². The maximum Gasteiger partial charge on any atom is 0.170 e. The van der Waals surface area contributed by atoms with E-state index in [1.807, 2.05) is 12.1 Å². The summed E-state index contributed by atoms with van der Waals surface area (Å²) in [5.41, 5.74) is 0.651. The highest BCUT2D eigenvalue weighted by Gasteiger charge is 2.23. The van der Waals surface area contributed by atoms with Crippen LogP contribution in [0.1, 0.15) is 37.5 Å². The number of nitrogens with one attached hydrogen (secondary N) is 2. The van der Waals surface area contributed by atoms with Gasteiger partial charge >= 0.3 is 0 Å². The van der Waals surface area contributed by atoms with Crippen molar-refractivity contribution in [3.63, 3.8) is 0 Å². The monoisotopic (exact) mass is 395 g/mol. The lowest BCUT2D eigenvalue weighted by molar-refractivity contribution is 0.182. The van der Waals surface area contributed by atoms with E-state index >= 15 is 0 Å². The van der Waals surface area contributed by atoms with Crippen LogP contribution in [0.4, 0.5) is 10.1 Å². The number of benzene rings is 1. The predicted molar refractivity (Wildman–Crippen MR) is 107 cm³/mol. The van der Waals surface area contributed by atoms with Gasteiger partial charge in [-0.2, -0.15) is 0 Å². The molecule has 1 unspecified atom stereocenters. The van der Waals surface area contributed by atoms with Gasteiger partial charge in [0, 0.05) is 12.2 Å². The summed E-state index contributed by atoms with van der Waals surface area (Å²) in [5.74, 6) is 0.488. The fraction of sp³-hybridized carbons (Fsp3) is 0.421. The second-order valence-electron chi connectivity index (χ2n) is 6.45. The third-order valence-electron chi connectivity index (χ3n) is 4.59. The van der Waals surface area contributed by atoms with Crippen molar-refractivity contribution in [3.8, 4) is 0 Å². The third kappa shape index (κ3) is 5.19. The van der Waals surface area contributed by atoms with Gasteiger partial charge in [-0.1, -0.05) is 24.4 Å². The molecule has 0 amide bonds. The Hall–Kier alpha value is -1.63. The molecule has 1 aromatic carbocycles. The highest BCUT2D eigenvalue weighted by molar-refractivity contribution is 7.80. The lowest BCUT2D eigenvalue weighted by Crippen LogP contribution is -2.39. The molecule has 2 heterocycles. The Morgan fingerprint density at radius 1 is 1.23 bits per heavy atom. The van der Waals surface area contributed by atoms with Gasteiger partial charge in [0.2, 0.25) is 0 Å². The van der Waals surface area contributed by atoms with E-state index in [0.717, 1.165) is 18.8 Å². The number of halogens is 2. The van der Waals surface area contributed by atoms with Crippen molar-refractivity contribution in [2.45, 2.75) is 31.7 Å². The number of anilines is 1. The lowest BCUT2D eigenvalue weighted by atomic mass is 10.1. The highest BCUT2D eigenvalue weighted by Crippen LogP contribution is 2.24. The summed E-state index contributed by atoms with van der Waals surface area (Å²) in [5, 5.41) is 6.84. The van der Waals surface area contributed by atoms with Gasteiger partial charge in [-0.05, 0) is 68.5 Å². The van der Waals surface area contributed by atoms with Crippen LogP contribution >= 0.6 is 23.8 Å². The zero-order chi connectivity index (χ0) is 18.4. The summed E-state index contributed by atoms with van der Waals surface area (Å²) in [6, 6.07) is 8.48. The van der Waals surface area contributed by atoms with Crippen LogP contribution < -0.4 is 10.6 Å². The average Bonchev–Trinajstić information content (AvgIpc) is 3.01. The van der Waals surface area contributed by atoms with Crippen molar-refractivity contribution in [2.24, 2.45) is 0 Å². The summed E-state index contributed by atoms with van der Waals surface area (Å²) in [4.78, 5) is 2.45. The van der Waals surface area contributed by atoms with Crippen LogP contribution in [0.2, 0.25) is 5.02 Å². The van der Waals surface area contributed by atoms with E-state index in [1.54, 1.807) is 12.3 Å². The minimum atomic E-state index is -0.449. The van der Waals surface area contributed by atoms with Crippen molar-refractivity contribution in [2.75, 3.05) is 25.0 Å². The van der Waals surface area contributed by atoms with E-state index in [0.29, 0.717) is 17.3 Å². The molecule has 0 radical (unpaired) electrons. The van der Waals surface area contributed by atoms with Crippen LogP contribution in [0, 0.1) is 5.82 Å². The smallest absolute Gasteiger partial charge is 0.170 e. The molecule has 2 aromatic rings. The zero-order valence-electron chi connectivity index (χ0n) is 14.5. The van der Waals surface area contributed by atoms with Crippen molar-refractivity contribution in [3.05, 3.63) is 53.2 Å². The van der Waals surface area contributed by atoms with E-state index in [1.165, 1.54) is 37.8 Å². The molecule has 0 bridgehead atoms. The van der Waals surface area contributed by atoms with E-state index in [9.17, 15) is 4.39 Å². The Bertz CT molecular complexity index is 718. The van der Waals surface area contributed by atoms with Crippen molar-refractivity contribution >= 4 is 34.6 Å². The molecule has 4 nitrogen and oxygen atoms in total. The first-order valence-electron chi connectivity index (χ1n) is 8.91. The van der Waals surface area contributed by atoms with Crippen LogP contribution in [0.15, 0.2) is 41.0 Å². The van der Waals surface area contributed by atoms with Crippen LogP contribution in [-0.2, 0) is 0 Å². The molecule has 26 heavy (non-hydrogen) atoms. The number of rotatable bonds is 5. The number of furan rings is 1. The highest BCUT2D eigenvalue weighted by atomic mass is 35.5. The first-order chi connectivity index (χ1) is 12.6. The van der Waals surface area contributed by atoms with E-state index < -0.39 is 5.82 Å². The Balaban J connectivity index is 1.61. The number of hydrogen-bond acceptors (Lipinski definition) is 3. The Labute approximate surface area is 163 Å². The van der Waals surface area contributed by atoms with Crippen LogP contribution in [0.3, 0.4) is 0 Å². The molecule has 1 fully saturated rings. The minimum Gasteiger partial charge on any atom is -0.468 e. The summed E-state index contributed by atoms with van der Waals surface area (Å²) in [6.45, 7) is 2.75. The molecule has 0 saturated carbocycles. The topological polar surface area (TPSA) is 40.4 Å². The maximum absolute atomic E-state index is 13.3. The molecule has 1 aromatic heterocycles. The molecular formula is C19H23ClFN3OS. The zero-order valence-corrected chi connectivity index (χ0v) is 16.1. The van der Waals surface area contributed by atoms with Gasteiger partial charge in [0.05, 0.1) is 17.3 Å². The number of thiocarbonyl (C=S) groups is 1. The molecule has 7 heteroatoms. The largest absolute Gasteiger partial charge is 0.468 e. The molecule has 1 saturated heterocycles. The molecule has 0 spiro atoms. The summed E-state index contributed by atoms with van der Waals surface area (Å²) < 4.78 is 18.9. The number of nitrogens with zero attached hydrogens (tertiary/aromatic N) is 1. The standard InChI is InChI=1S/C19H23ClFN3OS/c20-15-12-14(7-8-16(15)21)23-19(26)22-13-17(18-6-5-11-25-18)24-9-3-1-2-4-10-24/h5-8,11-12,17H,1-4,9-10,13H2,(H2,22,23,26). The van der Waals surface area contributed by atoms with Gasteiger partial charge < -0.3 is 15.1 Å². The van der Waals surface area contributed by atoms with E-state index in [-0.39, 0.29) is 11.1 Å². The normalized spacial score (nSPS) is 16.7. The fourth-order valence-electron chi connectivity index (χ4n) is 3.24. The quantitative estimate of drug-likeness (QED) is 0.699. The van der Waals surface area contributed by atoms with Gasteiger partial charge in [0.1, 0.15) is 11.6 Å². The number of hydrogen-bond donors (Lipinski definition) is 2. The minimum absolute atomic E-state index is 0.0656. The van der Waals surface area contributed by atoms with Crippen molar-refractivity contribution in [1.82, 2.24) is 10.2 Å². The number of likely N-dealkylation sites (tertiary alicyclic amines) is 1. The summed E-state index contributed by atoms with van der Waals surface area (Å²) >= 11 is 11.2. The molecular weight excluding hydrogens is 373 g/mol. The van der Waals surface area contributed by atoms with Gasteiger partial charge in [0.15, 0.2) is 5.11 Å². The van der Waals surface area contributed by atoms with Gasteiger partial charge in [-0.15, -0.1) is 0 Å². The first-order valence-corrected chi connectivity index (χ1v) is 9.69. The Kier molecular flexibility index (Phi) is 6.88. The fourth-order valence-corrected chi connectivity index (χ4v) is 3.62. The van der Waals surface area contributed by atoms with Crippen molar-refractivity contribution < 1.29 is 8.81 Å². The van der Waals surface area contributed by atoms with Gasteiger partial charge in [-0.3, -0.25) is 4.90 Å².